The molecule has 7 heteroatoms. The summed E-state index contributed by atoms with van der Waals surface area (Å²) < 4.78 is 5.80. The van der Waals surface area contributed by atoms with Crippen molar-refractivity contribution in [3.63, 3.8) is 0 Å². The third-order valence-corrected chi connectivity index (χ3v) is 5.54. The summed E-state index contributed by atoms with van der Waals surface area (Å²) in [5.41, 5.74) is 2.25. The minimum Gasteiger partial charge on any atom is -0.484 e. The highest BCUT2D eigenvalue weighted by Crippen LogP contribution is 2.27. The second kappa shape index (κ2) is 11.1. The molecule has 0 aliphatic carbocycles. The molecule has 0 bridgehead atoms. The number of rotatable bonds is 8. The van der Waals surface area contributed by atoms with Gasteiger partial charge < -0.3 is 15.0 Å². The molecule has 2 rings (SSSR count). The molecule has 0 aromatic heterocycles. The lowest BCUT2D eigenvalue weighted by Gasteiger charge is -2.33. The third-order valence-electron chi connectivity index (χ3n) is 4.83. The van der Waals surface area contributed by atoms with E-state index in [9.17, 15) is 9.59 Å². The predicted molar refractivity (Wildman–Crippen MR) is 130 cm³/mol. The summed E-state index contributed by atoms with van der Waals surface area (Å²) in [6.45, 7) is 11.4. The number of hydrogen-bond donors (Lipinski definition) is 1. The van der Waals surface area contributed by atoms with Gasteiger partial charge in [0.2, 0.25) is 5.91 Å². The van der Waals surface area contributed by atoms with Crippen LogP contribution in [0.25, 0.3) is 0 Å². The molecule has 5 nitrogen and oxygen atoms in total. The Morgan fingerprint density at radius 1 is 1.06 bits per heavy atom. The normalized spacial score (nSPS) is 12.2. The summed E-state index contributed by atoms with van der Waals surface area (Å²) in [4.78, 5) is 27.9. The fourth-order valence-electron chi connectivity index (χ4n) is 3.47. The number of nitrogens with one attached hydrogen (secondary N) is 1. The van der Waals surface area contributed by atoms with Crippen LogP contribution in [0.3, 0.4) is 0 Å². The van der Waals surface area contributed by atoms with E-state index in [1.54, 1.807) is 18.2 Å². The van der Waals surface area contributed by atoms with Gasteiger partial charge in [-0.05, 0) is 76.4 Å². The summed E-state index contributed by atoms with van der Waals surface area (Å²) in [6.07, 6.45) is 0.430. The molecule has 2 amide bonds. The standard InChI is InChI=1S/C25H32Cl2N2O3/c1-7-22(24(31)28-25(4,5)6)29(14-19-20(26)9-8-10-21(19)27)23(30)15-32-18-12-16(2)11-17(3)13-18/h8-13,22H,7,14-15H2,1-6H3,(H,28,31). The number of halogens is 2. The fraction of sp³-hybridized carbons (Fsp3) is 0.440. The molecule has 32 heavy (non-hydrogen) atoms. The zero-order valence-electron chi connectivity index (χ0n) is 19.6. The van der Waals surface area contributed by atoms with E-state index in [2.05, 4.69) is 5.32 Å². The molecule has 0 radical (unpaired) electrons. The molecule has 0 heterocycles. The maximum Gasteiger partial charge on any atom is 0.261 e. The smallest absolute Gasteiger partial charge is 0.261 e. The Balaban J connectivity index is 2.32. The molecule has 1 unspecified atom stereocenters. The number of carbonyl (C=O) groups is 2. The monoisotopic (exact) mass is 478 g/mol. The first-order valence-electron chi connectivity index (χ1n) is 10.7. The van der Waals surface area contributed by atoms with Crippen LogP contribution in [0.1, 0.15) is 50.8 Å². The number of carbonyl (C=O) groups excluding carboxylic acids is 2. The topological polar surface area (TPSA) is 58.6 Å². The first-order valence-corrected chi connectivity index (χ1v) is 11.4. The molecule has 0 aliphatic rings. The van der Waals surface area contributed by atoms with Crippen molar-refractivity contribution in [3.8, 4) is 5.75 Å². The highest BCUT2D eigenvalue weighted by Gasteiger charge is 2.31. The molecule has 174 valence electrons. The summed E-state index contributed by atoms with van der Waals surface area (Å²) in [5, 5.41) is 3.85. The second-order valence-corrected chi connectivity index (χ2v) is 9.81. The van der Waals surface area contributed by atoms with Crippen LogP contribution in [-0.2, 0) is 16.1 Å². The van der Waals surface area contributed by atoms with Crippen molar-refractivity contribution in [1.82, 2.24) is 10.2 Å². The Hall–Kier alpha value is -2.24. The minimum atomic E-state index is -0.697. The van der Waals surface area contributed by atoms with E-state index in [0.29, 0.717) is 27.8 Å². The van der Waals surface area contributed by atoms with Crippen molar-refractivity contribution < 1.29 is 14.3 Å². The molecule has 2 aromatic rings. The van der Waals surface area contributed by atoms with E-state index >= 15 is 0 Å². The van der Waals surface area contributed by atoms with Gasteiger partial charge >= 0.3 is 0 Å². The molecule has 0 aliphatic heterocycles. The predicted octanol–water partition coefficient (Wildman–Crippen LogP) is 5.71. The lowest BCUT2D eigenvalue weighted by molar-refractivity contribution is -0.143. The Labute approximate surface area is 201 Å². The Kier molecular flexibility index (Phi) is 8.99. The molecule has 0 saturated carbocycles. The lowest BCUT2D eigenvalue weighted by Crippen LogP contribution is -2.54. The number of nitrogens with zero attached hydrogens (tertiary/aromatic N) is 1. The Morgan fingerprint density at radius 2 is 1.62 bits per heavy atom. The molecule has 1 N–H and O–H groups in total. The molecule has 1 atom stereocenters. The van der Waals surface area contributed by atoms with Crippen molar-refractivity contribution in [3.05, 3.63) is 63.1 Å². The van der Waals surface area contributed by atoms with Crippen molar-refractivity contribution >= 4 is 35.0 Å². The minimum absolute atomic E-state index is 0.101. The van der Waals surface area contributed by atoms with Gasteiger partial charge in [-0.25, -0.2) is 0 Å². The maximum absolute atomic E-state index is 13.3. The van der Waals surface area contributed by atoms with Crippen LogP contribution in [0.4, 0.5) is 0 Å². The van der Waals surface area contributed by atoms with Crippen molar-refractivity contribution in [1.29, 1.82) is 0 Å². The van der Waals surface area contributed by atoms with Crippen molar-refractivity contribution in [2.24, 2.45) is 0 Å². The first kappa shape index (κ1) is 26.0. The van der Waals surface area contributed by atoms with E-state index in [1.165, 1.54) is 4.90 Å². The second-order valence-electron chi connectivity index (χ2n) is 9.00. The summed E-state index contributed by atoms with van der Waals surface area (Å²) in [6, 6.07) is 10.3. The van der Waals surface area contributed by atoms with Crippen LogP contribution >= 0.6 is 23.2 Å². The van der Waals surface area contributed by atoms with Gasteiger partial charge in [0.25, 0.3) is 5.91 Å². The number of amides is 2. The molecule has 2 aromatic carbocycles. The number of ether oxygens (including phenoxy) is 1. The molecule has 0 fully saturated rings. The third kappa shape index (κ3) is 7.42. The van der Waals surface area contributed by atoms with E-state index in [-0.39, 0.29) is 25.0 Å². The average Bonchev–Trinajstić information content (AvgIpc) is 2.66. The molecular formula is C25H32Cl2N2O3. The van der Waals surface area contributed by atoms with Crippen LogP contribution < -0.4 is 10.1 Å². The summed E-state index contributed by atoms with van der Waals surface area (Å²) in [7, 11) is 0. The lowest BCUT2D eigenvalue weighted by atomic mass is 10.1. The van der Waals surface area contributed by atoms with E-state index in [0.717, 1.165) is 11.1 Å². The SMILES string of the molecule is CCC(C(=O)NC(C)(C)C)N(Cc1c(Cl)cccc1Cl)C(=O)COc1cc(C)cc(C)c1. The first-order chi connectivity index (χ1) is 14.9. The summed E-state index contributed by atoms with van der Waals surface area (Å²) in [5.74, 6) is 0.0535. The van der Waals surface area contributed by atoms with E-state index in [1.807, 2.05) is 59.7 Å². The van der Waals surface area contributed by atoms with Gasteiger partial charge in [-0.15, -0.1) is 0 Å². The maximum atomic E-state index is 13.3. The summed E-state index contributed by atoms with van der Waals surface area (Å²) >= 11 is 12.7. The van der Waals surface area contributed by atoms with Crippen molar-refractivity contribution in [2.45, 2.75) is 66.1 Å². The average molecular weight is 479 g/mol. The zero-order valence-corrected chi connectivity index (χ0v) is 21.1. The number of hydrogen-bond acceptors (Lipinski definition) is 3. The van der Waals surface area contributed by atoms with Crippen LogP contribution in [0, 0.1) is 13.8 Å². The van der Waals surface area contributed by atoms with Gasteiger partial charge in [-0.3, -0.25) is 9.59 Å². The molecule has 0 spiro atoms. The van der Waals surface area contributed by atoms with Crippen molar-refractivity contribution in [2.75, 3.05) is 6.61 Å². The Morgan fingerprint density at radius 3 is 2.12 bits per heavy atom. The van der Waals surface area contributed by atoms with Crippen LogP contribution in [-0.4, -0.2) is 34.9 Å². The molecular weight excluding hydrogens is 447 g/mol. The highest BCUT2D eigenvalue weighted by molar-refractivity contribution is 6.36. The van der Waals surface area contributed by atoms with Crippen LogP contribution in [0.5, 0.6) is 5.75 Å². The molecule has 0 saturated heterocycles. The highest BCUT2D eigenvalue weighted by atomic mass is 35.5. The number of aryl methyl sites for hydroxylation is 2. The van der Waals surface area contributed by atoms with E-state index < -0.39 is 11.6 Å². The van der Waals surface area contributed by atoms with Gasteiger partial charge in [0.05, 0.1) is 0 Å². The largest absolute Gasteiger partial charge is 0.484 e. The van der Waals surface area contributed by atoms with Gasteiger partial charge in [0, 0.05) is 27.7 Å². The van der Waals surface area contributed by atoms with E-state index in [4.69, 9.17) is 27.9 Å². The van der Waals surface area contributed by atoms with Gasteiger partial charge in [0.1, 0.15) is 11.8 Å². The fourth-order valence-corrected chi connectivity index (χ4v) is 3.99. The van der Waals surface area contributed by atoms with Gasteiger partial charge in [0.15, 0.2) is 6.61 Å². The van der Waals surface area contributed by atoms with Gasteiger partial charge in [-0.2, -0.15) is 0 Å². The van der Waals surface area contributed by atoms with Gasteiger partial charge in [-0.1, -0.05) is 42.3 Å². The van der Waals surface area contributed by atoms with Crippen LogP contribution in [0.15, 0.2) is 36.4 Å². The quantitative estimate of drug-likeness (QED) is 0.528. The van der Waals surface area contributed by atoms with Crippen LogP contribution in [0.2, 0.25) is 10.0 Å². The Bertz CT molecular complexity index is 930. The number of benzene rings is 2. The zero-order chi connectivity index (χ0) is 24.1.